The smallest absolute Gasteiger partial charge is 0.0644 e. The number of nitrogens with zero attached hydrogens (tertiary/aromatic N) is 1. The molecule has 2 aromatic rings. The topological polar surface area (TPSA) is 22.1 Å². The van der Waals surface area contributed by atoms with Crippen LogP contribution in [-0.2, 0) is 4.74 Å². The fourth-order valence-electron chi connectivity index (χ4n) is 4.04. The predicted octanol–water partition coefficient (Wildman–Crippen LogP) is 5.54. The van der Waals surface area contributed by atoms with Crippen molar-refractivity contribution in [2.75, 3.05) is 6.61 Å². The SMILES string of the molecule is Ic1ccc2c(c1)C(C1CCCCO1)CC2/C=C/c1ccccn1. The molecule has 1 fully saturated rings. The van der Waals surface area contributed by atoms with Crippen molar-refractivity contribution in [1.29, 1.82) is 0 Å². The quantitative estimate of drug-likeness (QED) is 0.596. The van der Waals surface area contributed by atoms with Crippen molar-refractivity contribution < 1.29 is 4.74 Å². The van der Waals surface area contributed by atoms with Crippen molar-refractivity contribution in [3.63, 3.8) is 0 Å². The molecule has 0 spiro atoms. The molecule has 1 aliphatic heterocycles. The monoisotopic (exact) mass is 431 g/mol. The molecule has 0 saturated carbocycles. The zero-order chi connectivity index (χ0) is 16.4. The van der Waals surface area contributed by atoms with Gasteiger partial charge in [-0.05, 0) is 89.7 Å². The highest BCUT2D eigenvalue weighted by atomic mass is 127. The number of halogens is 1. The number of aromatic nitrogens is 1. The second kappa shape index (κ2) is 7.36. The Morgan fingerprint density at radius 2 is 2.08 bits per heavy atom. The van der Waals surface area contributed by atoms with Gasteiger partial charge in [0.1, 0.15) is 0 Å². The number of ether oxygens (including phenoxy) is 1. The van der Waals surface area contributed by atoms with Gasteiger partial charge in [0, 0.05) is 28.2 Å². The Morgan fingerprint density at radius 3 is 2.88 bits per heavy atom. The Bertz CT molecular complexity index is 722. The third-order valence-corrected chi connectivity index (χ3v) is 5.88. The molecule has 1 aromatic carbocycles. The molecule has 3 heteroatoms. The lowest BCUT2D eigenvalue weighted by atomic mass is 9.90. The Morgan fingerprint density at radius 1 is 1.12 bits per heavy atom. The predicted molar refractivity (Wildman–Crippen MR) is 106 cm³/mol. The second-order valence-electron chi connectivity index (χ2n) is 6.74. The van der Waals surface area contributed by atoms with Crippen LogP contribution in [0.3, 0.4) is 0 Å². The summed E-state index contributed by atoms with van der Waals surface area (Å²) < 4.78 is 7.45. The largest absolute Gasteiger partial charge is 0.378 e. The minimum atomic E-state index is 0.393. The van der Waals surface area contributed by atoms with Crippen LogP contribution >= 0.6 is 22.6 Å². The van der Waals surface area contributed by atoms with E-state index in [1.165, 1.54) is 34.0 Å². The summed E-state index contributed by atoms with van der Waals surface area (Å²) in [6, 6.07) is 13.0. The molecule has 2 aliphatic rings. The number of rotatable bonds is 3. The molecule has 0 radical (unpaired) electrons. The first-order valence-electron chi connectivity index (χ1n) is 8.81. The van der Waals surface area contributed by atoms with E-state index in [-0.39, 0.29) is 0 Å². The maximum Gasteiger partial charge on any atom is 0.0644 e. The van der Waals surface area contributed by atoms with E-state index < -0.39 is 0 Å². The zero-order valence-electron chi connectivity index (χ0n) is 13.7. The number of fused-ring (bicyclic) bond motifs is 1. The summed E-state index contributed by atoms with van der Waals surface area (Å²) in [5.41, 5.74) is 4.01. The van der Waals surface area contributed by atoms with Gasteiger partial charge in [0.05, 0.1) is 11.8 Å². The standard InChI is InChI=1S/C21H22INO/c22-16-8-10-18-15(7-9-17-5-1-3-11-23-17)13-20(19(18)14-16)21-6-2-4-12-24-21/h1,3,5,7-11,14-15,20-21H,2,4,6,12-13H2/b9-7+. The third-order valence-electron chi connectivity index (χ3n) is 5.21. The number of benzene rings is 1. The van der Waals surface area contributed by atoms with Gasteiger partial charge in [-0.25, -0.2) is 0 Å². The van der Waals surface area contributed by atoms with Crippen LogP contribution in [-0.4, -0.2) is 17.7 Å². The van der Waals surface area contributed by atoms with Gasteiger partial charge in [-0.1, -0.05) is 18.2 Å². The van der Waals surface area contributed by atoms with Crippen LogP contribution in [0.2, 0.25) is 0 Å². The average molecular weight is 431 g/mol. The van der Waals surface area contributed by atoms with Gasteiger partial charge in [-0.15, -0.1) is 0 Å². The van der Waals surface area contributed by atoms with Crippen molar-refractivity contribution in [3.8, 4) is 0 Å². The lowest BCUT2D eigenvalue weighted by Crippen LogP contribution is -2.25. The van der Waals surface area contributed by atoms with Gasteiger partial charge in [0.2, 0.25) is 0 Å². The summed E-state index contributed by atoms with van der Waals surface area (Å²) in [6.45, 7) is 0.925. The van der Waals surface area contributed by atoms with E-state index >= 15 is 0 Å². The fourth-order valence-corrected chi connectivity index (χ4v) is 4.55. The fraction of sp³-hybridized carbons (Fsp3) is 0.381. The molecular weight excluding hydrogens is 409 g/mol. The van der Waals surface area contributed by atoms with Crippen LogP contribution in [0, 0.1) is 3.57 Å². The van der Waals surface area contributed by atoms with E-state index in [1.54, 1.807) is 0 Å². The molecule has 4 rings (SSSR count). The van der Waals surface area contributed by atoms with E-state index in [0.717, 1.165) is 18.7 Å². The molecule has 3 unspecified atom stereocenters. The van der Waals surface area contributed by atoms with Crippen LogP contribution in [0.15, 0.2) is 48.7 Å². The molecule has 24 heavy (non-hydrogen) atoms. The third kappa shape index (κ3) is 3.42. The van der Waals surface area contributed by atoms with E-state index in [0.29, 0.717) is 17.9 Å². The first-order valence-corrected chi connectivity index (χ1v) is 9.89. The van der Waals surface area contributed by atoms with Crippen LogP contribution in [0.25, 0.3) is 6.08 Å². The highest BCUT2D eigenvalue weighted by Gasteiger charge is 2.36. The number of hydrogen-bond donors (Lipinski definition) is 0. The van der Waals surface area contributed by atoms with Gasteiger partial charge < -0.3 is 4.74 Å². The molecular formula is C21H22INO. The number of allylic oxidation sites excluding steroid dienone is 1. The summed E-state index contributed by atoms with van der Waals surface area (Å²) in [6.07, 6.45) is 11.6. The summed E-state index contributed by atoms with van der Waals surface area (Å²) in [5.74, 6) is 1.00. The number of hydrogen-bond acceptors (Lipinski definition) is 2. The van der Waals surface area contributed by atoms with Crippen LogP contribution < -0.4 is 0 Å². The Labute approximate surface area is 157 Å². The maximum atomic E-state index is 6.13. The van der Waals surface area contributed by atoms with Crippen molar-refractivity contribution in [2.45, 2.75) is 43.6 Å². The number of pyridine rings is 1. The lowest BCUT2D eigenvalue weighted by Gasteiger charge is -2.28. The Balaban J connectivity index is 1.61. The molecule has 0 bridgehead atoms. The zero-order valence-corrected chi connectivity index (χ0v) is 15.9. The molecule has 2 nitrogen and oxygen atoms in total. The van der Waals surface area contributed by atoms with Gasteiger partial charge in [-0.2, -0.15) is 0 Å². The minimum Gasteiger partial charge on any atom is -0.378 e. The average Bonchev–Trinajstić information content (AvgIpc) is 2.99. The summed E-state index contributed by atoms with van der Waals surface area (Å²) in [5, 5.41) is 0. The van der Waals surface area contributed by atoms with E-state index in [4.69, 9.17) is 4.74 Å². The highest BCUT2D eigenvalue weighted by molar-refractivity contribution is 14.1. The minimum absolute atomic E-state index is 0.393. The van der Waals surface area contributed by atoms with Crippen LogP contribution in [0.1, 0.15) is 54.3 Å². The summed E-state index contributed by atoms with van der Waals surface area (Å²) >= 11 is 2.42. The van der Waals surface area contributed by atoms with Crippen molar-refractivity contribution >= 4 is 28.7 Å². The molecule has 0 N–H and O–H groups in total. The Kier molecular flexibility index (Phi) is 4.99. The molecule has 1 aliphatic carbocycles. The summed E-state index contributed by atoms with van der Waals surface area (Å²) in [4.78, 5) is 4.41. The van der Waals surface area contributed by atoms with Crippen molar-refractivity contribution in [1.82, 2.24) is 4.98 Å². The molecule has 1 saturated heterocycles. The normalized spacial score (nSPS) is 26.6. The molecule has 0 amide bonds. The van der Waals surface area contributed by atoms with Crippen molar-refractivity contribution in [2.24, 2.45) is 0 Å². The Hall–Kier alpha value is -1.20. The van der Waals surface area contributed by atoms with Crippen LogP contribution in [0.5, 0.6) is 0 Å². The lowest BCUT2D eigenvalue weighted by molar-refractivity contribution is -0.00121. The molecule has 3 atom stereocenters. The van der Waals surface area contributed by atoms with E-state index in [1.807, 2.05) is 18.3 Å². The first kappa shape index (κ1) is 16.3. The first-order chi connectivity index (χ1) is 11.8. The maximum absolute atomic E-state index is 6.13. The van der Waals surface area contributed by atoms with E-state index in [9.17, 15) is 0 Å². The summed E-state index contributed by atoms with van der Waals surface area (Å²) in [7, 11) is 0. The van der Waals surface area contributed by atoms with Gasteiger partial charge in [0.25, 0.3) is 0 Å². The van der Waals surface area contributed by atoms with E-state index in [2.05, 4.69) is 64.0 Å². The molecule has 2 heterocycles. The molecule has 1 aromatic heterocycles. The van der Waals surface area contributed by atoms with Gasteiger partial charge in [0.15, 0.2) is 0 Å². The molecule has 124 valence electrons. The second-order valence-corrected chi connectivity index (χ2v) is 7.99. The van der Waals surface area contributed by atoms with Gasteiger partial charge >= 0.3 is 0 Å². The van der Waals surface area contributed by atoms with Gasteiger partial charge in [-0.3, -0.25) is 4.98 Å². The van der Waals surface area contributed by atoms with Crippen LogP contribution in [0.4, 0.5) is 0 Å². The van der Waals surface area contributed by atoms with Crippen molar-refractivity contribution in [3.05, 3.63) is 69.1 Å². The highest BCUT2D eigenvalue weighted by Crippen LogP contribution is 2.47.